The van der Waals surface area contributed by atoms with Crippen molar-refractivity contribution in [3.63, 3.8) is 0 Å². The molecule has 2 nitrogen and oxygen atoms in total. The molecule has 20 heavy (non-hydrogen) atoms. The van der Waals surface area contributed by atoms with Crippen molar-refractivity contribution in [1.29, 1.82) is 0 Å². The Hall–Kier alpha value is -1.44. The van der Waals surface area contributed by atoms with E-state index in [4.69, 9.17) is 9.47 Å². The first-order valence-corrected chi connectivity index (χ1v) is 7.63. The van der Waals surface area contributed by atoms with Crippen LogP contribution in [0.4, 0.5) is 0 Å². The second kappa shape index (κ2) is 5.90. The number of hydrogen-bond donors (Lipinski definition) is 0. The van der Waals surface area contributed by atoms with Crippen LogP contribution in [0.1, 0.15) is 0 Å². The molecule has 0 saturated heterocycles. The normalized spacial score (nSPS) is 12.9. The molecule has 1 aliphatic rings. The lowest BCUT2D eigenvalue weighted by molar-refractivity contribution is 0.358. The van der Waals surface area contributed by atoms with Crippen LogP contribution in [-0.2, 0) is 0 Å². The quantitative estimate of drug-likeness (QED) is 0.606. The van der Waals surface area contributed by atoms with E-state index in [2.05, 4.69) is 43.7 Å². The van der Waals surface area contributed by atoms with Gasteiger partial charge in [0.1, 0.15) is 24.7 Å². The van der Waals surface area contributed by atoms with Crippen LogP contribution in [0.3, 0.4) is 0 Å². The molecule has 3 rings (SSSR count). The van der Waals surface area contributed by atoms with Crippen LogP contribution >= 0.6 is 31.9 Å². The van der Waals surface area contributed by atoms with Gasteiger partial charge in [-0.05, 0) is 36.4 Å². The maximum absolute atomic E-state index is 5.75. The highest BCUT2D eigenvalue weighted by Gasteiger charge is 2.14. The number of rotatable bonds is 0. The average Bonchev–Trinajstić information content (AvgIpc) is 2.45. The summed E-state index contributed by atoms with van der Waals surface area (Å²) in [5, 5.41) is 0. The van der Waals surface area contributed by atoms with Crippen LogP contribution < -0.4 is 9.47 Å². The summed E-state index contributed by atoms with van der Waals surface area (Å²) < 4.78 is 13.5. The molecular formula is C16H10Br2O2. The Morgan fingerprint density at radius 3 is 1.65 bits per heavy atom. The van der Waals surface area contributed by atoms with Gasteiger partial charge in [-0.25, -0.2) is 0 Å². The molecule has 0 bridgehead atoms. The highest BCUT2D eigenvalue weighted by molar-refractivity contribution is 9.10. The third-order valence-electron chi connectivity index (χ3n) is 2.90. The molecule has 0 N–H and O–H groups in total. The lowest BCUT2D eigenvalue weighted by atomic mass is 10.0. The van der Waals surface area contributed by atoms with Crippen molar-refractivity contribution < 1.29 is 9.47 Å². The van der Waals surface area contributed by atoms with Crippen LogP contribution in [-0.4, -0.2) is 13.2 Å². The van der Waals surface area contributed by atoms with Gasteiger partial charge in [0.25, 0.3) is 0 Å². The Kier molecular flexibility index (Phi) is 4.00. The van der Waals surface area contributed by atoms with E-state index in [-0.39, 0.29) is 0 Å². The van der Waals surface area contributed by atoms with Gasteiger partial charge in [-0.15, -0.1) is 0 Å². The van der Waals surface area contributed by atoms with Gasteiger partial charge in [0.05, 0.1) is 0 Å². The summed E-state index contributed by atoms with van der Waals surface area (Å²) in [5.41, 5.74) is 1.97. The molecule has 1 heterocycles. The maximum Gasteiger partial charge on any atom is 0.149 e. The average molecular weight is 394 g/mol. The topological polar surface area (TPSA) is 18.5 Å². The summed E-state index contributed by atoms with van der Waals surface area (Å²) in [5.74, 6) is 7.47. The summed E-state index contributed by atoms with van der Waals surface area (Å²) >= 11 is 7.01. The van der Waals surface area contributed by atoms with E-state index < -0.39 is 0 Å². The van der Waals surface area contributed by atoms with Crippen molar-refractivity contribution in [3.05, 3.63) is 45.3 Å². The molecule has 0 saturated carbocycles. The van der Waals surface area contributed by atoms with Crippen molar-refractivity contribution in [3.8, 4) is 34.5 Å². The molecule has 4 heteroatoms. The lowest BCUT2D eigenvalue weighted by Crippen LogP contribution is -2.02. The summed E-state index contributed by atoms with van der Waals surface area (Å²) in [6.07, 6.45) is 0. The molecule has 2 aromatic rings. The number of hydrogen-bond acceptors (Lipinski definition) is 2. The second-order valence-electron chi connectivity index (χ2n) is 4.21. The summed E-state index contributed by atoms with van der Waals surface area (Å²) in [6, 6.07) is 11.8. The number of fused-ring (bicyclic) bond motifs is 3. The van der Waals surface area contributed by atoms with E-state index in [0.29, 0.717) is 13.2 Å². The first kappa shape index (κ1) is 13.5. The minimum absolute atomic E-state index is 0.362. The van der Waals surface area contributed by atoms with E-state index in [1.165, 1.54) is 0 Å². The van der Waals surface area contributed by atoms with E-state index >= 15 is 0 Å². The number of benzene rings is 2. The van der Waals surface area contributed by atoms with Gasteiger partial charge in [0.15, 0.2) is 0 Å². The van der Waals surface area contributed by atoms with Gasteiger partial charge >= 0.3 is 0 Å². The molecule has 0 aromatic heterocycles. The maximum atomic E-state index is 5.75. The van der Waals surface area contributed by atoms with Crippen molar-refractivity contribution in [2.75, 3.05) is 13.2 Å². The van der Waals surface area contributed by atoms with Crippen LogP contribution in [0.15, 0.2) is 45.3 Å². The molecule has 0 unspecified atom stereocenters. The Morgan fingerprint density at radius 2 is 1.20 bits per heavy atom. The monoisotopic (exact) mass is 392 g/mol. The van der Waals surface area contributed by atoms with Crippen LogP contribution in [0, 0.1) is 11.8 Å². The van der Waals surface area contributed by atoms with Gasteiger partial charge in [-0.1, -0.05) is 43.7 Å². The number of ether oxygens (including phenoxy) is 2. The first-order valence-electron chi connectivity index (χ1n) is 6.05. The standard InChI is InChI=1S/C16H10Br2O2/c17-11-3-5-15-13(9-11)14-10-12(18)4-6-16(14)20-8-2-1-7-19-15/h3-6,9-10H,7-8H2. The lowest BCUT2D eigenvalue weighted by Gasteiger charge is -2.15. The fourth-order valence-electron chi connectivity index (χ4n) is 2.01. The van der Waals surface area contributed by atoms with Gasteiger partial charge in [0, 0.05) is 20.1 Å². The van der Waals surface area contributed by atoms with Gasteiger partial charge in [-0.2, -0.15) is 0 Å². The predicted molar refractivity (Wildman–Crippen MR) is 86.0 cm³/mol. The first-order chi connectivity index (χ1) is 9.74. The molecule has 2 aromatic carbocycles. The molecule has 0 radical (unpaired) electrons. The molecule has 0 atom stereocenters. The summed E-state index contributed by atoms with van der Waals surface area (Å²) in [6.45, 7) is 0.725. The van der Waals surface area contributed by atoms with Gasteiger partial charge in [0.2, 0.25) is 0 Å². The smallest absolute Gasteiger partial charge is 0.149 e. The molecule has 0 aliphatic carbocycles. The largest absolute Gasteiger partial charge is 0.480 e. The Labute approximate surface area is 134 Å². The predicted octanol–water partition coefficient (Wildman–Crippen LogP) is 4.65. The minimum Gasteiger partial charge on any atom is -0.480 e. The van der Waals surface area contributed by atoms with Crippen LogP contribution in [0.25, 0.3) is 11.1 Å². The molecular weight excluding hydrogens is 384 g/mol. The third kappa shape index (κ3) is 2.84. The molecule has 0 amide bonds. The van der Waals surface area contributed by atoms with Crippen molar-refractivity contribution >= 4 is 31.9 Å². The van der Waals surface area contributed by atoms with E-state index in [1.807, 2.05) is 36.4 Å². The van der Waals surface area contributed by atoms with Gasteiger partial charge in [-0.3, -0.25) is 0 Å². The Bertz CT molecular complexity index is 655. The van der Waals surface area contributed by atoms with E-state index in [9.17, 15) is 0 Å². The minimum atomic E-state index is 0.362. The number of halogens is 2. The molecule has 0 spiro atoms. The van der Waals surface area contributed by atoms with E-state index in [0.717, 1.165) is 31.6 Å². The molecule has 100 valence electrons. The van der Waals surface area contributed by atoms with Crippen LogP contribution in [0.5, 0.6) is 11.5 Å². The zero-order valence-electron chi connectivity index (χ0n) is 10.5. The second-order valence-corrected chi connectivity index (χ2v) is 6.04. The summed E-state index contributed by atoms with van der Waals surface area (Å²) in [4.78, 5) is 0. The van der Waals surface area contributed by atoms with Crippen LogP contribution in [0.2, 0.25) is 0 Å². The van der Waals surface area contributed by atoms with Crippen molar-refractivity contribution in [2.45, 2.75) is 0 Å². The fourth-order valence-corrected chi connectivity index (χ4v) is 2.73. The van der Waals surface area contributed by atoms with Crippen molar-refractivity contribution in [1.82, 2.24) is 0 Å². The zero-order valence-corrected chi connectivity index (χ0v) is 13.6. The molecule has 0 fully saturated rings. The molecule has 1 aliphatic heterocycles. The fraction of sp³-hybridized carbons (Fsp3) is 0.125. The highest BCUT2D eigenvalue weighted by atomic mass is 79.9. The zero-order chi connectivity index (χ0) is 13.9. The van der Waals surface area contributed by atoms with Crippen molar-refractivity contribution in [2.24, 2.45) is 0 Å². The highest BCUT2D eigenvalue weighted by Crippen LogP contribution is 2.39. The third-order valence-corrected chi connectivity index (χ3v) is 3.88. The SMILES string of the molecule is Brc1ccc2c(c1)-c1cc(Br)ccc1OCC#CCO2. The Morgan fingerprint density at radius 1 is 0.750 bits per heavy atom. The Balaban J connectivity index is 2.23. The van der Waals surface area contributed by atoms with E-state index in [1.54, 1.807) is 0 Å². The summed E-state index contributed by atoms with van der Waals surface area (Å²) in [7, 11) is 0. The van der Waals surface area contributed by atoms with Gasteiger partial charge < -0.3 is 9.47 Å².